The van der Waals surface area contributed by atoms with Gasteiger partial charge in [0, 0.05) is 6.42 Å². The molecule has 3 N–H and O–H groups in total. The van der Waals surface area contributed by atoms with Crippen LogP contribution in [-0.4, -0.2) is 12.5 Å². The second kappa shape index (κ2) is 9.50. The molecule has 0 heterocycles. The normalized spacial score (nSPS) is 12.4. The first kappa shape index (κ1) is 16.7. The first-order valence-corrected chi connectivity index (χ1v) is 7.28. The fourth-order valence-electron chi connectivity index (χ4n) is 2.17. The highest BCUT2D eigenvalue weighted by molar-refractivity contribution is 5.74. The standard InChI is InChI=1S/C16H26N2O2/c1-13(2)15(10-11-17)8-9-16(19)18-20-12-14-6-4-3-5-7-14/h3-7,13,15H,8-12,17H2,1-2H3,(H,18,19). The number of carbonyl (C=O) groups is 1. The van der Waals surface area contributed by atoms with Crippen LogP contribution in [0.1, 0.15) is 38.7 Å². The molecule has 1 aromatic rings. The van der Waals surface area contributed by atoms with E-state index in [-0.39, 0.29) is 5.91 Å². The minimum absolute atomic E-state index is 0.0661. The molecule has 20 heavy (non-hydrogen) atoms. The second-order valence-electron chi connectivity index (χ2n) is 5.42. The van der Waals surface area contributed by atoms with E-state index in [1.54, 1.807) is 0 Å². The van der Waals surface area contributed by atoms with E-state index < -0.39 is 0 Å². The van der Waals surface area contributed by atoms with E-state index in [0.717, 1.165) is 18.4 Å². The predicted molar refractivity (Wildman–Crippen MR) is 80.6 cm³/mol. The summed E-state index contributed by atoms with van der Waals surface area (Å²) in [7, 11) is 0. The molecule has 4 heteroatoms. The number of nitrogens with one attached hydrogen (secondary N) is 1. The van der Waals surface area contributed by atoms with Crippen LogP contribution in [0.2, 0.25) is 0 Å². The Labute approximate surface area is 121 Å². The number of rotatable bonds is 9. The Morgan fingerprint density at radius 1 is 1.25 bits per heavy atom. The zero-order valence-electron chi connectivity index (χ0n) is 12.5. The number of hydroxylamine groups is 1. The van der Waals surface area contributed by atoms with E-state index in [4.69, 9.17) is 10.6 Å². The molecule has 0 fully saturated rings. The number of hydrogen-bond acceptors (Lipinski definition) is 3. The number of benzene rings is 1. The van der Waals surface area contributed by atoms with E-state index >= 15 is 0 Å². The van der Waals surface area contributed by atoms with Crippen molar-refractivity contribution < 1.29 is 9.63 Å². The predicted octanol–water partition coefficient (Wildman–Crippen LogP) is 2.64. The van der Waals surface area contributed by atoms with Gasteiger partial charge in [0.2, 0.25) is 5.91 Å². The summed E-state index contributed by atoms with van der Waals surface area (Å²) < 4.78 is 0. The summed E-state index contributed by atoms with van der Waals surface area (Å²) >= 11 is 0. The molecule has 1 amide bonds. The van der Waals surface area contributed by atoms with Gasteiger partial charge in [0.25, 0.3) is 0 Å². The van der Waals surface area contributed by atoms with E-state index in [9.17, 15) is 4.79 Å². The lowest BCUT2D eigenvalue weighted by Crippen LogP contribution is -2.25. The lowest BCUT2D eigenvalue weighted by molar-refractivity contribution is -0.134. The van der Waals surface area contributed by atoms with Crippen molar-refractivity contribution >= 4 is 5.91 Å². The zero-order chi connectivity index (χ0) is 14.8. The van der Waals surface area contributed by atoms with Gasteiger partial charge in [0.15, 0.2) is 0 Å². The molecule has 1 atom stereocenters. The van der Waals surface area contributed by atoms with Crippen molar-refractivity contribution in [3.05, 3.63) is 35.9 Å². The van der Waals surface area contributed by atoms with Crippen molar-refractivity contribution in [1.29, 1.82) is 0 Å². The maximum atomic E-state index is 11.7. The smallest absolute Gasteiger partial charge is 0.243 e. The van der Waals surface area contributed by atoms with E-state index in [2.05, 4.69) is 19.3 Å². The number of nitrogens with two attached hydrogens (primary N) is 1. The van der Waals surface area contributed by atoms with E-state index in [1.165, 1.54) is 0 Å². The molecule has 0 radical (unpaired) electrons. The van der Waals surface area contributed by atoms with Gasteiger partial charge in [-0.25, -0.2) is 5.48 Å². The largest absolute Gasteiger partial charge is 0.330 e. The van der Waals surface area contributed by atoms with Gasteiger partial charge in [-0.05, 0) is 36.8 Å². The first-order valence-electron chi connectivity index (χ1n) is 7.28. The van der Waals surface area contributed by atoms with Crippen molar-refractivity contribution in [3.63, 3.8) is 0 Å². The fraction of sp³-hybridized carbons (Fsp3) is 0.562. The maximum absolute atomic E-state index is 11.7. The molecular weight excluding hydrogens is 252 g/mol. The van der Waals surface area contributed by atoms with E-state index in [0.29, 0.717) is 31.4 Å². The Bertz CT molecular complexity index is 379. The molecule has 0 bridgehead atoms. The highest BCUT2D eigenvalue weighted by atomic mass is 16.6. The molecule has 1 unspecified atom stereocenters. The summed E-state index contributed by atoms with van der Waals surface area (Å²) in [4.78, 5) is 16.9. The Balaban J connectivity index is 2.20. The summed E-state index contributed by atoms with van der Waals surface area (Å²) in [6.45, 7) is 5.41. The monoisotopic (exact) mass is 278 g/mol. The van der Waals surface area contributed by atoms with Crippen LogP contribution in [0.25, 0.3) is 0 Å². The third-order valence-corrected chi connectivity index (χ3v) is 3.49. The van der Waals surface area contributed by atoms with Gasteiger partial charge in [-0.3, -0.25) is 9.63 Å². The summed E-state index contributed by atoms with van der Waals surface area (Å²) in [6, 6.07) is 9.76. The van der Waals surface area contributed by atoms with Crippen molar-refractivity contribution in [2.24, 2.45) is 17.6 Å². The topological polar surface area (TPSA) is 64.4 Å². The Kier molecular flexibility index (Phi) is 7.92. The summed E-state index contributed by atoms with van der Waals surface area (Å²) in [6.07, 6.45) is 2.31. The zero-order valence-corrected chi connectivity index (χ0v) is 12.5. The molecule has 0 saturated heterocycles. The molecule has 1 rings (SSSR count). The van der Waals surface area contributed by atoms with Gasteiger partial charge < -0.3 is 5.73 Å². The highest BCUT2D eigenvalue weighted by Crippen LogP contribution is 2.20. The second-order valence-corrected chi connectivity index (χ2v) is 5.42. The van der Waals surface area contributed by atoms with Gasteiger partial charge >= 0.3 is 0 Å². The lowest BCUT2D eigenvalue weighted by atomic mass is 9.88. The van der Waals surface area contributed by atoms with Gasteiger partial charge in [-0.1, -0.05) is 44.2 Å². The highest BCUT2D eigenvalue weighted by Gasteiger charge is 2.14. The average molecular weight is 278 g/mol. The SMILES string of the molecule is CC(C)C(CCN)CCC(=O)NOCc1ccccc1. The van der Waals surface area contributed by atoms with Crippen LogP contribution in [0.15, 0.2) is 30.3 Å². The molecule has 0 aliphatic heterocycles. The van der Waals surface area contributed by atoms with Crippen molar-refractivity contribution in [2.75, 3.05) is 6.54 Å². The van der Waals surface area contributed by atoms with Crippen LogP contribution in [0.4, 0.5) is 0 Å². The van der Waals surface area contributed by atoms with Crippen molar-refractivity contribution in [3.8, 4) is 0 Å². The fourth-order valence-corrected chi connectivity index (χ4v) is 2.17. The molecule has 0 aromatic heterocycles. The maximum Gasteiger partial charge on any atom is 0.243 e. The Morgan fingerprint density at radius 3 is 2.55 bits per heavy atom. The quantitative estimate of drug-likeness (QED) is 0.682. The van der Waals surface area contributed by atoms with Crippen LogP contribution in [-0.2, 0) is 16.2 Å². The molecule has 0 aliphatic carbocycles. The molecular formula is C16H26N2O2. The van der Waals surface area contributed by atoms with Crippen LogP contribution in [0.5, 0.6) is 0 Å². The minimum Gasteiger partial charge on any atom is -0.330 e. The molecule has 0 aliphatic rings. The van der Waals surface area contributed by atoms with Gasteiger partial charge in [0.05, 0.1) is 6.61 Å². The lowest BCUT2D eigenvalue weighted by Gasteiger charge is -2.19. The molecule has 0 spiro atoms. The summed E-state index contributed by atoms with van der Waals surface area (Å²) in [5.74, 6) is 0.986. The van der Waals surface area contributed by atoms with Crippen LogP contribution >= 0.6 is 0 Å². The molecule has 112 valence electrons. The number of hydrogen-bond donors (Lipinski definition) is 2. The Hall–Kier alpha value is -1.39. The molecule has 4 nitrogen and oxygen atoms in total. The van der Waals surface area contributed by atoms with E-state index in [1.807, 2.05) is 30.3 Å². The number of amides is 1. The van der Waals surface area contributed by atoms with Crippen LogP contribution < -0.4 is 11.2 Å². The summed E-state index contributed by atoms with van der Waals surface area (Å²) in [5, 5.41) is 0. The Morgan fingerprint density at radius 2 is 1.95 bits per heavy atom. The summed E-state index contributed by atoms with van der Waals surface area (Å²) in [5.41, 5.74) is 9.13. The van der Waals surface area contributed by atoms with Gasteiger partial charge in [-0.2, -0.15) is 0 Å². The van der Waals surface area contributed by atoms with Crippen LogP contribution in [0.3, 0.4) is 0 Å². The van der Waals surface area contributed by atoms with Crippen molar-refractivity contribution in [1.82, 2.24) is 5.48 Å². The molecule has 1 aromatic carbocycles. The van der Waals surface area contributed by atoms with Crippen molar-refractivity contribution in [2.45, 2.75) is 39.7 Å². The van der Waals surface area contributed by atoms with Gasteiger partial charge in [-0.15, -0.1) is 0 Å². The average Bonchev–Trinajstić information content (AvgIpc) is 2.44. The van der Waals surface area contributed by atoms with Gasteiger partial charge in [0.1, 0.15) is 0 Å². The van der Waals surface area contributed by atoms with Crippen LogP contribution in [0, 0.1) is 11.8 Å². The number of carbonyl (C=O) groups excluding carboxylic acids is 1. The third-order valence-electron chi connectivity index (χ3n) is 3.49. The minimum atomic E-state index is -0.0661. The third kappa shape index (κ3) is 6.68. The molecule has 0 saturated carbocycles. The first-order chi connectivity index (χ1) is 9.63.